The fourth-order valence-electron chi connectivity index (χ4n) is 0.0577. The van der Waals surface area contributed by atoms with Gasteiger partial charge in [-0.15, -0.1) is 0 Å². The van der Waals surface area contributed by atoms with Gasteiger partial charge in [-0.05, 0) is 0 Å². The van der Waals surface area contributed by atoms with Crippen LogP contribution in [0.25, 0.3) is 0 Å². The SMILES string of the molecule is CN(C)C=O.OCC(O)CO. The summed E-state index contributed by atoms with van der Waals surface area (Å²) in [5, 5.41) is 24.0. The first kappa shape index (κ1) is 13.0. The van der Waals surface area contributed by atoms with Crippen LogP contribution in [-0.4, -0.2) is 60.0 Å². The van der Waals surface area contributed by atoms with Crippen LogP contribution in [0.2, 0.25) is 0 Å². The van der Waals surface area contributed by atoms with E-state index in [4.69, 9.17) is 15.3 Å². The third-order valence-electron chi connectivity index (χ3n) is 0.632. The Kier molecular flexibility index (Phi) is 11.0. The van der Waals surface area contributed by atoms with Gasteiger partial charge in [0.1, 0.15) is 6.10 Å². The van der Waals surface area contributed by atoms with Crippen LogP contribution in [0.15, 0.2) is 0 Å². The Morgan fingerprint density at radius 1 is 1.36 bits per heavy atom. The molecule has 0 aromatic carbocycles. The molecule has 0 aliphatic heterocycles. The molecule has 0 saturated heterocycles. The van der Waals surface area contributed by atoms with Crippen molar-refractivity contribution in [1.82, 2.24) is 4.90 Å². The molecule has 0 aromatic heterocycles. The Labute approximate surface area is 65.9 Å². The van der Waals surface area contributed by atoms with Gasteiger partial charge in [0.15, 0.2) is 0 Å². The van der Waals surface area contributed by atoms with E-state index < -0.39 is 6.10 Å². The van der Waals surface area contributed by atoms with Crippen molar-refractivity contribution < 1.29 is 20.1 Å². The molecule has 0 aliphatic carbocycles. The minimum atomic E-state index is -0.954. The van der Waals surface area contributed by atoms with Crippen molar-refractivity contribution >= 4 is 6.41 Å². The van der Waals surface area contributed by atoms with Crippen molar-refractivity contribution in [3.8, 4) is 0 Å². The van der Waals surface area contributed by atoms with Crippen molar-refractivity contribution in [3.05, 3.63) is 0 Å². The fraction of sp³-hybridized carbons (Fsp3) is 0.833. The van der Waals surface area contributed by atoms with E-state index >= 15 is 0 Å². The lowest BCUT2D eigenvalue weighted by Gasteiger charge is -1.96. The van der Waals surface area contributed by atoms with Gasteiger partial charge in [0.2, 0.25) is 6.41 Å². The van der Waals surface area contributed by atoms with Crippen molar-refractivity contribution in [2.24, 2.45) is 0 Å². The molecule has 0 saturated carbocycles. The summed E-state index contributed by atoms with van der Waals surface area (Å²) in [4.78, 5) is 10.9. The third kappa shape index (κ3) is 17.6. The Bertz CT molecular complexity index is 82.7. The number of hydrogen-bond acceptors (Lipinski definition) is 4. The molecular weight excluding hydrogens is 150 g/mol. The molecule has 0 atom stereocenters. The van der Waals surface area contributed by atoms with Gasteiger partial charge in [-0.1, -0.05) is 0 Å². The first-order valence-electron chi connectivity index (χ1n) is 3.10. The second-order valence-electron chi connectivity index (χ2n) is 2.09. The number of aliphatic hydroxyl groups is 3. The van der Waals surface area contributed by atoms with Crippen LogP contribution in [-0.2, 0) is 4.79 Å². The molecule has 0 spiro atoms. The van der Waals surface area contributed by atoms with Crippen molar-refractivity contribution in [2.45, 2.75) is 6.10 Å². The molecule has 0 aliphatic rings. The molecular formula is C6H15NO4. The average Bonchev–Trinajstić information content (AvgIpc) is 2.04. The maximum atomic E-state index is 9.43. The molecule has 3 N–H and O–H groups in total. The summed E-state index contributed by atoms with van der Waals surface area (Å²) in [5.41, 5.74) is 0. The normalized spacial score (nSPS) is 8.55. The van der Waals surface area contributed by atoms with Gasteiger partial charge < -0.3 is 20.2 Å². The molecule has 0 unspecified atom stereocenters. The molecule has 5 heteroatoms. The number of carbonyl (C=O) groups excluding carboxylic acids is 1. The van der Waals surface area contributed by atoms with Gasteiger partial charge in [-0.3, -0.25) is 4.79 Å². The second-order valence-corrected chi connectivity index (χ2v) is 2.09. The highest BCUT2D eigenvalue weighted by Crippen LogP contribution is 1.71. The van der Waals surface area contributed by atoms with Gasteiger partial charge in [0.25, 0.3) is 0 Å². The van der Waals surface area contributed by atoms with Gasteiger partial charge in [-0.25, -0.2) is 0 Å². The lowest BCUT2D eigenvalue weighted by Crippen LogP contribution is -2.15. The van der Waals surface area contributed by atoms with E-state index in [9.17, 15) is 4.79 Å². The summed E-state index contributed by atoms with van der Waals surface area (Å²) < 4.78 is 0. The maximum absolute atomic E-state index is 9.43. The van der Waals surface area contributed by atoms with Crippen molar-refractivity contribution in [1.29, 1.82) is 0 Å². The zero-order valence-electron chi connectivity index (χ0n) is 6.77. The largest absolute Gasteiger partial charge is 0.394 e. The summed E-state index contributed by atoms with van der Waals surface area (Å²) in [6.45, 7) is -0.729. The predicted octanol–water partition coefficient (Wildman–Crippen LogP) is -1.96. The highest BCUT2D eigenvalue weighted by Gasteiger charge is 1.93. The average molecular weight is 165 g/mol. The summed E-state index contributed by atoms with van der Waals surface area (Å²) >= 11 is 0. The number of hydrogen-bond donors (Lipinski definition) is 3. The van der Waals surface area contributed by atoms with Crippen LogP contribution in [0, 0.1) is 0 Å². The molecule has 5 nitrogen and oxygen atoms in total. The molecule has 0 radical (unpaired) electrons. The van der Waals surface area contributed by atoms with Crippen LogP contribution >= 0.6 is 0 Å². The van der Waals surface area contributed by atoms with Crippen LogP contribution in [0.1, 0.15) is 0 Å². The van der Waals surface area contributed by atoms with E-state index in [0.717, 1.165) is 6.41 Å². The Morgan fingerprint density at radius 3 is 1.64 bits per heavy atom. The van der Waals surface area contributed by atoms with Gasteiger partial charge >= 0.3 is 0 Å². The zero-order chi connectivity index (χ0) is 9.28. The maximum Gasteiger partial charge on any atom is 0.209 e. The second kappa shape index (κ2) is 9.35. The van der Waals surface area contributed by atoms with E-state index in [1.54, 1.807) is 14.1 Å². The van der Waals surface area contributed by atoms with Gasteiger partial charge in [0.05, 0.1) is 13.2 Å². The quantitative estimate of drug-likeness (QED) is 0.424. The number of carbonyl (C=O) groups is 1. The standard InChI is InChI=1S/C3H7NO.C3H8O3/c1-4(2)3-5;4-1-3(6)2-5/h3H,1-2H3;3-6H,1-2H2. The smallest absolute Gasteiger partial charge is 0.209 e. The first-order valence-corrected chi connectivity index (χ1v) is 3.10. The van der Waals surface area contributed by atoms with Crippen LogP contribution < -0.4 is 0 Å². The lowest BCUT2D eigenvalue weighted by atomic mass is 10.4. The predicted molar refractivity (Wildman–Crippen MR) is 39.9 cm³/mol. The summed E-state index contributed by atoms with van der Waals surface area (Å²) in [5.74, 6) is 0. The van der Waals surface area contributed by atoms with E-state index in [1.807, 2.05) is 0 Å². The van der Waals surface area contributed by atoms with E-state index in [-0.39, 0.29) is 13.2 Å². The van der Waals surface area contributed by atoms with Crippen molar-refractivity contribution in [2.75, 3.05) is 27.3 Å². The molecule has 0 fully saturated rings. The Balaban J connectivity index is 0. The monoisotopic (exact) mass is 165 g/mol. The topological polar surface area (TPSA) is 81.0 Å². The highest BCUT2D eigenvalue weighted by molar-refractivity contribution is 5.45. The molecule has 0 heterocycles. The van der Waals surface area contributed by atoms with Gasteiger partial charge in [0, 0.05) is 14.1 Å². The first-order chi connectivity index (χ1) is 5.08. The Morgan fingerprint density at radius 2 is 1.64 bits per heavy atom. The Hall–Kier alpha value is -0.650. The fourth-order valence-corrected chi connectivity index (χ4v) is 0.0577. The van der Waals surface area contributed by atoms with E-state index in [2.05, 4.69) is 0 Å². The van der Waals surface area contributed by atoms with Crippen LogP contribution in [0.4, 0.5) is 0 Å². The number of aliphatic hydroxyl groups excluding tert-OH is 3. The summed E-state index contributed by atoms with van der Waals surface area (Å²) in [7, 11) is 3.38. The molecule has 1 amide bonds. The highest BCUT2D eigenvalue weighted by atomic mass is 16.3. The number of rotatable bonds is 3. The molecule has 0 aromatic rings. The molecule has 68 valence electrons. The van der Waals surface area contributed by atoms with Crippen molar-refractivity contribution in [3.63, 3.8) is 0 Å². The van der Waals surface area contributed by atoms with Gasteiger partial charge in [-0.2, -0.15) is 0 Å². The molecule has 0 rings (SSSR count). The van der Waals surface area contributed by atoms with Crippen LogP contribution in [0.3, 0.4) is 0 Å². The minimum absolute atomic E-state index is 0.365. The zero-order valence-corrected chi connectivity index (χ0v) is 6.77. The van der Waals surface area contributed by atoms with E-state index in [1.165, 1.54) is 4.90 Å². The molecule has 0 bridgehead atoms. The number of amides is 1. The lowest BCUT2D eigenvalue weighted by molar-refractivity contribution is -0.115. The van der Waals surface area contributed by atoms with Crippen LogP contribution in [0.5, 0.6) is 0 Å². The minimum Gasteiger partial charge on any atom is -0.394 e. The summed E-state index contributed by atoms with van der Waals surface area (Å²) in [6, 6.07) is 0. The summed E-state index contributed by atoms with van der Waals surface area (Å²) in [6.07, 6.45) is -0.204. The molecule has 11 heavy (non-hydrogen) atoms. The number of nitrogens with zero attached hydrogens (tertiary/aromatic N) is 1. The van der Waals surface area contributed by atoms with E-state index in [0.29, 0.717) is 0 Å². The third-order valence-corrected chi connectivity index (χ3v) is 0.632.